The van der Waals surface area contributed by atoms with E-state index in [1.165, 1.54) is 10.5 Å². The third-order valence-electron chi connectivity index (χ3n) is 3.79. The van der Waals surface area contributed by atoms with Gasteiger partial charge in [-0.2, -0.15) is 0 Å². The van der Waals surface area contributed by atoms with Crippen molar-refractivity contribution in [3.8, 4) is 0 Å². The quantitative estimate of drug-likeness (QED) is 0.897. The maximum absolute atomic E-state index is 12.1. The van der Waals surface area contributed by atoms with Crippen LogP contribution in [0, 0.1) is 0 Å². The minimum absolute atomic E-state index is 0.00811. The molecule has 1 amide bonds. The molecule has 1 fully saturated rings. The highest BCUT2D eigenvalue weighted by atomic mass is 16.3. The molecule has 3 rings (SSSR count). The Morgan fingerprint density at radius 1 is 1.10 bits per heavy atom. The highest BCUT2D eigenvalue weighted by Crippen LogP contribution is 2.06. The minimum Gasteiger partial charge on any atom is -0.459 e. The molecule has 1 aromatic heterocycles. The summed E-state index contributed by atoms with van der Waals surface area (Å²) in [6, 6.07) is 14.0. The molecule has 0 spiro atoms. The second-order valence-electron chi connectivity index (χ2n) is 5.18. The molecule has 0 atom stereocenters. The van der Waals surface area contributed by atoms with Crippen molar-refractivity contribution in [2.24, 2.45) is 0 Å². The number of piperazine rings is 1. The Kier molecular flexibility index (Phi) is 3.83. The van der Waals surface area contributed by atoms with Crippen LogP contribution in [0.25, 0.3) is 0 Å². The summed E-state index contributed by atoms with van der Waals surface area (Å²) in [4.78, 5) is 15.6. The summed E-state index contributed by atoms with van der Waals surface area (Å²) in [7, 11) is 0. The highest BCUT2D eigenvalue weighted by Gasteiger charge is 2.25. The first-order valence-corrected chi connectivity index (χ1v) is 7.03. The van der Waals surface area contributed by atoms with E-state index >= 15 is 0 Å². The van der Waals surface area contributed by atoms with E-state index < -0.39 is 0 Å². The van der Waals surface area contributed by atoms with E-state index in [1.807, 2.05) is 11.0 Å². The Hall–Kier alpha value is -2.07. The molecule has 0 saturated carbocycles. The van der Waals surface area contributed by atoms with Gasteiger partial charge >= 0.3 is 0 Å². The second kappa shape index (κ2) is 5.92. The molecule has 1 saturated heterocycles. The van der Waals surface area contributed by atoms with Crippen molar-refractivity contribution in [2.75, 3.05) is 26.2 Å². The number of quaternary nitrogens is 1. The summed E-state index contributed by atoms with van der Waals surface area (Å²) >= 11 is 0. The SMILES string of the molecule is O=C(c1ccco1)N1CC[NH+](Cc2ccccc2)CC1. The van der Waals surface area contributed by atoms with Gasteiger partial charge in [-0.05, 0) is 12.1 Å². The first-order chi connectivity index (χ1) is 9.83. The summed E-state index contributed by atoms with van der Waals surface area (Å²) in [5.74, 6) is 0.449. The lowest BCUT2D eigenvalue weighted by Crippen LogP contribution is -3.13. The van der Waals surface area contributed by atoms with Gasteiger partial charge in [0, 0.05) is 5.56 Å². The fourth-order valence-electron chi connectivity index (χ4n) is 2.64. The number of furan rings is 1. The third kappa shape index (κ3) is 2.91. The Morgan fingerprint density at radius 2 is 1.85 bits per heavy atom. The van der Waals surface area contributed by atoms with Gasteiger partial charge in [0.1, 0.15) is 6.54 Å². The normalized spacial score (nSPS) is 16.3. The maximum atomic E-state index is 12.1. The van der Waals surface area contributed by atoms with Crippen LogP contribution in [0.1, 0.15) is 16.1 Å². The fraction of sp³-hybridized carbons (Fsp3) is 0.312. The van der Waals surface area contributed by atoms with E-state index in [2.05, 4.69) is 24.3 Å². The molecule has 20 heavy (non-hydrogen) atoms. The van der Waals surface area contributed by atoms with Crippen LogP contribution in [0.5, 0.6) is 0 Å². The Bertz CT molecular complexity index is 543. The fourth-order valence-corrected chi connectivity index (χ4v) is 2.64. The van der Waals surface area contributed by atoms with Crippen LogP contribution in [0.4, 0.5) is 0 Å². The standard InChI is InChI=1S/C16H18N2O2/c19-16(15-7-4-12-20-15)18-10-8-17(9-11-18)13-14-5-2-1-3-6-14/h1-7,12H,8-11,13H2/p+1. The van der Waals surface area contributed by atoms with Gasteiger partial charge in [0.2, 0.25) is 0 Å². The second-order valence-corrected chi connectivity index (χ2v) is 5.18. The zero-order chi connectivity index (χ0) is 13.8. The molecule has 2 heterocycles. The Balaban J connectivity index is 1.53. The summed E-state index contributed by atoms with van der Waals surface area (Å²) < 4.78 is 5.17. The van der Waals surface area contributed by atoms with E-state index in [1.54, 1.807) is 18.4 Å². The van der Waals surface area contributed by atoms with Crippen molar-refractivity contribution in [2.45, 2.75) is 6.54 Å². The number of carbonyl (C=O) groups excluding carboxylic acids is 1. The van der Waals surface area contributed by atoms with Gasteiger partial charge in [0.25, 0.3) is 5.91 Å². The summed E-state index contributed by atoms with van der Waals surface area (Å²) in [6.07, 6.45) is 1.55. The predicted molar refractivity (Wildman–Crippen MR) is 75.5 cm³/mol. The molecular formula is C16H19N2O2+. The van der Waals surface area contributed by atoms with Gasteiger partial charge in [-0.1, -0.05) is 30.3 Å². The smallest absolute Gasteiger partial charge is 0.289 e. The molecule has 0 aliphatic carbocycles. The van der Waals surface area contributed by atoms with Crippen LogP contribution in [-0.2, 0) is 6.54 Å². The Labute approximate surface area is 118 Å². The molecule has 1 aliphatic heterocycles. The van der Waals surface area contributed by atoms with Crippen molar-refractivity contribution < 1.29 is 14.1 Å². The molecule has 1 N–H and O–H groups in total. The summed E-state index contributed by atoms with van der Waals surface area (Å²) in [5.41, 5.74) is 1.35. The van der Waals surface area contributed by atoms with Crippen LogP contribution >= 0.6 is 0 Å². The lowest BCUT2D eigenvalue weighted by Gasteiger charge is -2.31. The van der Waals surface area contributed by atoms with Crippen LogP contribution in [0.15, 0.2) is 53.1 Å². The van der Waals surface area contributed by atoms with Crippen molar-refractivity contribution in [3.05, 3.63) is 60.1 Å². The van der Waals surface area contributed by atoms with Gasteiger partial charge in [-0.3, -0.25) is 4.79 Å². The Morgan fingerprint density at radius 3 is 2.50 bits per heavy atom. The number of hydrogen-bond acceptors (Lipinski definition) is 2. The molecule has 104 valence electrons. The van der Waals surface area contributed by atoms with Crippen LogP contribution in [0.3, 0.4) is 0 Å². The summed E-state index contributed by atoms with van der Waals surface area (Å²) in [6.45, 7) is 4.59. The predicted octanol–water partition coefficient (Wildman–Crippen LogP) is 0.820. The van der Waals surface area contributed by atoms with Crippen molar-refractivity contribution in [1.82, 2.24) is 4.90 Å². The highest BCUT2D eigenvalue weighted by molar-refractivity contribution is 5.91. The first-order valence-electron chi connectivity index (χ1n) is 7.03. The third-order valence-corrected chi connectivity index (χ3v) is 3.79. The molecule has 0 radical (unpaired) electrons. The lowest BCUT2D eigenvalue weighted by molar-refractivity contribution is -0.917. The number of nitrogens with zero attached hydrogens (tertiary/aromatic N) is 1. The van der Waals surface area contributed by atoms with E-state index in [0.717, 1.165) is 32.7 Å². The average Bonchev–Trinajstić information content (AvgIpc) is 3.03. The lowest BCUT2D eigenvalue weighted by atomic mass is 10.2. The molecular weight excluding hydrogens is 252 g/mol. The molecule has 2 aromatic rings. The van der Waals surface area contributed by atoms with E-state index in [9.17, 15) is 4.79 Å². The largest absolute Gasteiger partial charge is 0.459 e. The number of rotatable bonds is 3. The van der Waals surface area contributed by atoms with Gasteiger partial charge in [-0.15, -0.1) is 0 Å². The average molecular weight is 271 g/mol. The molecule has 0 bridgehead atoms. The molecule has 1 aliphatic rings. The van der Waals surface area contributed by atoms with E-state index in [-0.39, 0.29) is 5.91 Å². The van der Waals surface area contributed by atoms with Gasteiger partial charge < -0.3 is 14.2 Å². The van der Waals surface area contributed by atoms with Crippen molar-refractivity contribution >= 4 is 5.91 Å². The van der Waals surface area contributed by atoms with Gasteiger partial charge in [-0.25, -0.2) is 0 Å². The van der Waals surface area contributed by atoms with Gasteiger partial charge in [0.15, 0.2) is 5.76 Å². The monoisotopic (exact) mass is 271 g/mol. The van der Waals surface area contributed by atoms with Crippen LogP contribution in [0.2, 0.25) is 0 Å². The number of carbonyl (C=O) groups is 1. The number of benzene rings is 1. The van der Waals surface area contributed by atoms with Crippen LogP contribution < -0.4 is 4.90 Å². The summed E-state index contributed by atoms with van der Waals surface area (Å²) in [5, 5.41) is 0. The number of nitrogens with one attached hydrogen (secondary N) is 1. The zero-order valence-electron chi connectivity index (χ0n) is 11.4. The van der Waals surface area contributed by atoms with Gasteiger partial charge in [0.05, 0.1) is 32.4 Å². The van der Waals surface area contributed by atoms with E-state index in [0.29, 0.717) is 5.76 Å². The number of amides is 1. The zero-order valence-corrected chi connectivity index (χ0v) is 11.4. The topological polar surface area (TPSA) is 37.9 Å². The first kappa shape index (κ1) is 12.9. The molecule has 4 nitrogen and oxygen atoms in total. The molecule has 0 unspecified atom stereocenters. The van der Waals surface area contributed by atoms with Crippen LogP contribution in [-0.4, -0.2) is 37.0 Å². The van der Waals surface area contributed by atoms with Crippen molar-refractivity contribution in [3.63, 3.8) is 0 Å². The van der Waals surface area contributed by atoms with Crippen molar-refractivity contribution in [1.29, 1.82) is 0 Å². The molecule has 1 aromatic carbocycles. The minimum atomic E-state index is 0.00811. The maximum Gasteiger partial charge on any atom is 0.289 e. The molecule has 4 heteroatoms. The van der Waals surface area contributed by atoms with E-state index in [4.69, 9.17) is 4.42 Å². The number of hydrogen-bond donors (Lipinski definition) is 1.